The van der Waals surface area contributed by atoms with Crippen LogP contribution in [0, 0.1) is 16.7 Å². The summed E-state index contributed by atoms with van der Waals surface area (Å²) in [7, 11) is 0. The van der Waals surface area contributed by atoms with Gasteiger partial charge in [-0.25, -0.2) is 0 Å². The van der Waals surface area contributed by atoms with Gasteiger partial charge in [0.05, 0.1) is 0 Å². The van der Waals surface area contributed by atoms with E-state index in [1.54, 1.807) is 0 Å². The fourth-order valence-electron chi connectivity index (χ4n) is 3.45. The highest BCUT2D eigenvalue weighted by atomic mass is 14.7. The molecule has 0 spiro atoms. The van der Waals surface area contributed by atoms with E-state index in [1.165, 1.54) is 32.1 Å². The van der Waals surface area contributed by atoms with Crippen LogP contribution in [0.25, 0.3) is 0 Å². The summed E-state index contributed by atoms with van der Waals surface area (Å²) in [5.41, 5.74) is 7.23. The molecule has 1 nitrogen and oxygen atoms in total. The molecule has 0 amide bonds. The summed E-state index contributed by atoms with van der Waals surface area (Å²) in [6.07, 6.45) is 6.78. The van der Waals surface area contributed by atoms with E-state index < -0.39 is 0 Å². The zero-order valence-electron chi connectivity index (χ0n) is 11.3. The molecule has 1 atom stereocenters. The Morgan fingerprint density at radius 1 is 1.13 bits per heavy atom. The second-order valence-corrected chi connectivity index (χ2v) is 7.01. The minimum absolute atomic E-state index is 0.249. The predicted octanol–water partition coefficient (Wildman–Crippen LogP) is 3.97. The minimum Gasteiger partial charge on any atom is -0.327 e. The molecule has 1 aliphatic rings. The van der Waals surface area contributed by atoms with Crippen LogP contribution in [0.5, 0.6) is 0 Å². The second-order valence-electron chi connectivity index (χ2n) is 7.01. The van der Waals surface area contributed by atoms with E-state index in [-0.39, 0.29) is 5.41 Å². The first kappa shape index (κ1) is 13.0. The van der Waals surface area contributed by atoms with Crippen molar-refractivity contribution in [2.24, 2.45) is 22.5 Å². The highest BCUT2D eigenvalue weighted by Crippen LogP contribution is 2.49. The summed E-state index contributed by atoms with van der Waals surface area (Å²) >= 11 is 0. The first-order valence-corrected chi connectivity index (χ1v) is 6.53. The Labute approximate surface area is 95.8 Å². The van der Waals surface area contributed by atoms with Gasteiger partial charge in [-0.1, -0.05) is 47.5 Å². The molecule has 0 heterocycles. The van der Waals surface area contributed by atoms with Gasteiger partial charge in [-0.05, 0) is 36.0 Å². The Morgan fingerprint density at radius 3 is 1.93 bits per heavy atom. The number of hydrogen-bond acceptors (Lipinski definition) is 1. The standard InChI is InChI=1S/C14H29N/c1-11(2)10-14(8-6-7-9-14)12(15)13(3,4)5/h11-12H,6-10,15H2,1-5H3. The smallest absolute Gasteiger partial charge is 0.0145 e. The van der Waals surface area contributed by atoms with E-state index in [1.807, 2.05) is 0 Å². The van der Waals surface area contributed by atoms with Crippen LogP contribution in [0.4, 0.5) is 0 Å². The third-order valence-corrected chi connectivity index (χ3v) is 4.01. The first-order valence-electron chi connectivity index (χ1n) is 6.53. The molecule has 1 saturated carbocycles. The fraction of sp³-hybridized carbons (Fsp3) is 1.00. The van der Waals surface area contributed by atoms with Crippen molar-refractivity contribution in [3.63, 3.8) is 0 Å². The number of rotatable bonds is 3. The first-order chi connectivity index (χ1) is 6.78. The molecule has 90 valence electrons. The van der Waals surface area contributed by atoms with Gasteiger partial charge in [0.15, 0.2) is 0 Å². The van der Waals surface area contributed by atoms with Gasteiger partial charge in [-0.2, -0.15) is 0 Å². The van der Waals surface area contributed by atoms with Gasteiger partial charge in [-0.15, -0.1) is 0 Å². The largest absolute Gasteiger partial charge is 0.327 e. The molecule has 15 heavy (non-hydrogen) atoms. The van der Waals surface area contributed by atoms with E-state index in [2.05, 4.69) is 34.6 Å². The number of nitrogens with two attached hydrogens (primary N) is 1. The van der Waals surface area contributed by atoms with Gasteiger partial charge >= 0.3 is 0 Å². The van der Waals surface area contributed by atoms with E-state index in [0.717, 1.165) is 5.92 Å². The molecule has 0 radical (unpaired) electrons. The molecule has 0 aromatic heterocycles. The molecule has 1 aliphatic carbocycles. The zero-order valence-corrected chi connectivity index (χ0v) is 11.3. The summed E-state index contributed by atoms with van der Waals surface area (Å²) in [6, 6.07) is 0.356. The van der Waals surface area contributed by atoms with Gasteiger partial charge in [0.2, 0.25) is 0 Å². The van der Waals surface area contributed by atoms with Crippen molar-refractivity contribution < 1.29 is 0 Å². The SMILES string of the molecule is CC(C)CC1(C(N)C(C)(C)C)CCCC1. The maximum absolute atomic E-state index is 6.54. The Balaban J connectivity index is 2.81. The molecular weight excluding hydrogens is 182 g/mol. The zero-order chi connectivity index (χ0) is 11.7. The third kappa shape index (κ3) is 2.96. The average molecular weight is 211 g/mol. The molecule has 0 aliphatic heterocycles. The summed E-state index contributed by atoms with van der Waals surface area (Å²) in [6.45, 7) is 11.5. The molecule has 0 bridgehead atoms. The summed E-state index contributed by atoms with van der Waals surface area (Å²) in [5, 5.41) is 0. The van der Waals surface area contributed by atoms with Crippen LogP contribution in [0.1, 0.15) is 66.7 Å². The Kier molecular flexibility index (Phi) is 3.86. The normalized spacial score (nSPS) is 23.4. The van der Waals surface area contributed by atoms with E-state index in [0.29, 0.717) is 11.5 Å². The lowest BCUT2D eigenvalue weighted by Gasteiger charge is -2.44. The van der Waals surface area contributed by atoms with E-state index >= 15 is 0 Å². The van der Waals surface area contributed by atoms with E-state index in [4.69, 9.17) is 5.73 Å². The lowest BCUT2D eigenvalue weighted by atomic mass is 9.65. The van der Waals surface area contributed by atoms with Crippen molar-refractivity contribution in [2.75, 3.05) is 0 Å². The van der Waals surface area contributed by atoms with Crippen LogP contribution in [0.2, 0.25) is 0 Å². The highest BCUT2D eigenvalue weighted by molar-refractivity contribution is 4.98. The van der Waals surface area contributed by atoms with Crippen molar-refractivity contribution in [3.05, 3.63) is 0 Å². The third-order valence-electron chi connectivity index (χ3n) is 4.01. The topological polar surface area (TPSA) is 26.0 Å². The van der Waals surface area contributed by atoms with Gasteiger partial charge in [0, 0.05) is 6.04 Å². The van der Waals surface area contributed by atoms with Gasteiger partial charge in [-0.3, -0.25) is 0 Å². The molecule has 1 heteroatoms. The van der Waals surface area contributed by atoms with Crippen molar-refractivity contribution in [2.45, 2.75) is 72.8 Å². The maximum Gasteiger partial charge on any atom is 0.0145 e. The fourth-order valence-corrected chi connectivity index (χ4v) is 3.45. The van der Waals surface area contributed by atoms with Crippen LogP contribution in [-0.2, 0) is 0 Å². The van der Waals surface area contributed by atoms with Crippen molar-refractivity contribution in [1.29, 1.82) is 0 Å². The van der Waals surface area contributed by atoms with Crippen LogP contribution in [-0.4, -0.2) is 6.04 Å². The van der Waals surface area contributed by atoms with Gasteiger partial charge in [0.1, 0.15) is 0 Å². The Bertz CT molecular complexity index is 194. The molecule has 1 rings (SSSR count). The monoisotopic (exact) mass is 211 g/mol. The lowest BCUT2D eigenvalue weighted by Crippen LogP contribution is -2.49. The molecule has 0 saturated heterocycles. The van der Waals surface area contributed by atoms with Crippen LogP contribution in [0.3, 0.4) is 0 Å². The summed E-state index contributed by atoms with van der Waals surface area (Å²) in [5.74, 6) is 0.775. The Hall–Kier alpha value is -0.0400. The average Bonchev–Trinajstić information content (AvgIpc) is 2.50. The van der Waals surface area contributed by atoms with Crippen molar-refractivity contribution in [1.82, 2.24) is 0 Å². The molecule has 1 unspecified atom stereocenters. The van der Waals surface area contributed by atoms with Gasteiger partial charge < -0.3 is 5.73 Å². The lowest BCUT2D eigenvalue weighted by molar-refractivity contribution is 0.103. The predicted molar refractivity (Wildman–Crippen MR) is 67.8 cm³/mol. The van der Waals surface area contributed by atoms with E-state index in [9.17, 15) is 0 Å². The van der Waals surface area contributed by atoms with Crippen molar-refractivity contribution in [3.8, 4) is 0 Å². The van der Waals surface area contributed by atoms with Crippen LogP contribution in [0.15, 0.2) is 0 Å². The van der Waals surface area contributed by atoms with Crippen LogP contribution >= 0.6 is 0 Å². The number of hydrogen-bond donors (Lipinski definition) is 1. The summed E-state index contributed by atoms with van der Waals surface area (Å²) in [4.78, 5) is 0. The molecule has 2 N–H and O–H groups in total. The highest BCUT2D eigenvalue weighted by Gasteiger charge is 2.44. The Morgan fingerprint density at radius 2 is 1.60 bits per heavy atom. The molecule has 1 fully saturated rings. The quantitative estimate of drug-likeness (QED) is 0.751. The molecule has 0 aromatic carbocycles. The molecule has 0 aromatic rings. The molecular formula is C14H29N. The minimum atomic E-state index is 0.249. The van der Waals surface area contributed by atoms with Crippen molar-refractivity contribution >= 4 is 0 Å². The maximum atomic E-state index is 6.54. The summed E-state index contributed by atoms with van der Waals surface area (Å²) < 4.78 is 0. The van der Waals surface area contributed by atoms with Gasteiger partial charge in [0.25, 0.3) is 0 Å². The van der Waals surface area contributed by atoms with Crippen LogP contribution < -0.4 is 5.73 Å². The second kappa shape index (κ2) is 4.45.